The molecule has 37 heavy (non-hydrogen) atoms. The van der Waals surface area contributed by atoms with Crippen LogP contribution in [0.5, 0.6) is 0 Å². The van der Waals surface area contributed by atoms with Crippen LogP contribution in [0.4, 0.5) is 0 Å². The summed E-state index contributed by atoms with van der Waals surface area (Å²) in [6.07, 6.45) is 7.25. The molecular weight excluding hydrogens is 528 g/mol. The molecule has 5 nitrogen and oxygen atoms in total. The standard InChI is InChI=1S/C31H33N2O3.BrH/c1-35-21-22-36-20-18-33-30-10-5-3-8-27(30)28-23-24(12-14-31(28)33)11-13-25-15-17-32(16-6-19-34)29-9-4-2-7-26(25)29;/h2-5,7-15,17,23,34H,6,16,18-22H2,1H3;1H/q+1;/p-1. The molecule has 3 aromatic carbocycles. The van der Waals surface area contributed by atoms with Crippen LogP contribution in [0, 0.1) is 0 Å². The molecule has 0 saturated heterocycles. The number of hydrogen-bond acceptors (Lipinski definition) is 3. The van der Waals surface area contributed by atoms with Crippen LogP contribution in [-0.4, -0.2) is 43.2 Å². The van der Waals surface area contributed by atoms with E-state index in [-0.39, 0.29) is 23.6 Å². The van der Waals surface area contributed by atoms with E-state index in [1.807, 2.05) is 0 Å². The lowest BCUT2D eigenvalue weighted by Crippen LogP contribution is -3.00. The molecule has 0 amide bonds. The van der Waals surface area contributed by atoms with Gasteiger partial charge < -0.3 is 36.1 Å². The topological polar surface area (TPSA) is 47.5 Å². The Morgan fingerprint density at radius 2 is 1.62 bits per heavy atom. The number of aliphatic hydroxyl groups excluding tert-OH is 1. The molecule has 2 aromatic heterocycles. The second-order valence-electron chi connectivity index (χ2n) is 8.94. The van der Waals surface area contributed by atoms with E-state index in [1.54, 1.807) is 7.11 Å². The van der Waals surface area contributed by atoms with Crippen LogP contribution < -0.4 is 21.5 Å². The number of para-hydroxylation sites is 2. The summed E-state index contributed by atoms with van der Waals surface area (Å²) >= 11 is 0. The minimum Gasteiger partial charge on any atom is -1.00 e. The lowest BCUT2D eigenvalue weighted by Gasteiger charge is -2.08. The van der Waals surface area contributed by atoms with Crippen molar-refractivity contribution in [1.82, 2.24) is 4.57 Å². The van der Waals surface area contributed by atoms with E-state index in [0.717, 1.165) is 19.5 Å². The Morgan fingerprint density at radius 1 is 0.838 bits per heavy atom. The number of pyridine rings is 1. The van der Waals surface area contributed by atoms with Gasteiger partial charge in [0, 0.05) is 60.6 Å². The smallest absolute Gasteiger partial charge is 0.213 e. The molecule has 0 aliphatic rings. The summed E-state index contributed by atoms with van der Waals surface area (Å²) in [5.74, 6) is 0. The molecule has 0 fully saturated rings. The van der Waals surface area contributed by atoms with Crippen molar-refractivity contribution >= 4 is 44.9 Å². The van der Waals surface area contributed by atoms with Crippen LogP contribution in [0.25, 0.3) is 44.9 Å². The molecule has 0 unspecified atom stereocenters. The number of hydrogen-bond donors (Lipinski definition) is 1. The SMILES string of the molecule is COCCOCCn1c2ccccc2c2cc(C=Cc3cc[n+](CCCO)c4ccccc34)ccc21.[Br-]. The number of aliphatic hydroxyl groups is 1. The number of ether oxygens (including phenoxy) is 2. The molecule has 192 valence electrons. The molecule has 0 aliphatic carbocycles. The summed E-state index contributed by atoms with van der Waals surface area (Å²) in [5, 5.41) is 13.0. The van der Waals surface area contributed by atoms with E-state index < -0.39 is 0 Å². The molecule has 0 aliphatic heterocycles. The van der Waals surface area contributed by atoms with E-state index in [4.69, 9.17) is 9.47 Å². The maximum Gasteiger partial charge on any atom is 0.213 e. The monoisotopic (exact) mass is 560 g/mol. The van der Waals surface area contributed by atoms with Crippen molar-refractivity contribution in [2.24, 2.45) is 0 Å². The molecule has 0 atom stereocenters. The van der Waals surface area contributed by atoms with Crippen LogP contribution in [0.3, 0.4) is 0 Å². The second-order valence-corrected chi connectivity index (χ2v) is 8.94. The first-order valence-corrected chi connectivity index (χ1v) is 12.6. The number of nitrogens with zero attached hydrogens (tertiary/aromatic N) is 2. The molecule has 5 rings (SSSR count). The lowest BCUT2D eigenvalue weighted by molar-refractivity contribution is -0.672. The van der Waals surface area contributed by atoms with Gasteiger partial charge in [0.2, 0.25) is 5.52 Å². The van der Waals surface area contributed by atoms with Crippen LogP contribution >= 0.6 is 0 Å². The van der Waals surface area contributed by atoms with Gasteiger partial charge in [-0.15, -0.1) is 0 Å². The van der Waals surface area contributed by atoms with Crippen LogP contribution in [-0.2, 0) is 22.6 Å². The van der Waals surface area contributed by atoms with Crippen LogP contribution in [0.1, 0.15) is 17.5 Å². The zero-order valence-electron chi connectivity index (χ0n) is 21.1. The van der Waals surface area contributed by atoms with Gasteiger partial charge in [0.15, 0.2) is 12.7 Å². The summed E-state index contributed by atoms with van der Waals surface area (Å²) in [6, 6.07) is 25.9. The molecule has 5 aromatic rings. The fourth-order valence-corrected chi connectivity index (χ4v) is 4.89. The third kappa shape index (κ3) is 5.94. The first-order valence-electron chi connectivity index (χ1n) is 12.6. The van der Waals surface area contributed by atoms with Gasteiger partial charge in [0.1, 0.15) is 0 Å². The molecule has 2 heterocycles. The van der Waals surface area contributed by atoms with Gasteiger partial charge in [-0.3, -0.25) is 0 Å². The van der Waals surface area contributed by atoms with E-state index in [9.17, 15) is 5.11 Å². The Morgan fingerprint density at radius 3 is 2.46 bits per heavy atom. The van der Waals surface area contributed by atoms with Crippen molar-refractivity contribution in [3.8, 4) is 0 Å². The van der Waals surface area contributed by atoms with Crippen molar-refractivity contribution in [2.75, 3.05) is 33.5 Å². The van der Waals surface area contributed by atoms with Crippen molar-refractivity contribution in [1.29, 1.82) is 0 Å². The summed E-state index contributed by atoms with van der Waals surface area (Å²) in [6.45, 7) is 3.68. The predicted molar refractivity (Wildman–Crippen MR) is 147 cm³/mol. The predicted octanol–water partition coefficient (Wildman–Crippen LogP) is 2.46. The molecule has 0 spiro atoms. The Bertz CT molecular complexity index is 1510. The summed E-state index contributed by atoms with van der Waals surface area (Å²) in [4.78, 5) is 0. The molecule has 0 bridgehead atoms. The average Bonchev–Trinajstić information content (AvgIpc) is 3.24. The van der Waals surface area contributed by atoms with Crippen molar-refractivity contribution < 1.29 is 36.1 Å². The van der Waals surface area contributed by atoms with E-state index in [1.165, 1.54) is 43.8 Å². The number of rotatable bonds is 11. The molecule has 0 radical (unpaired) electrons. The molecule has 6 heteroatoms. The Balaban J connectivity index is 0.00000320. The second kappa shape index (κ2) is 13.0. The highest BCUT2D eigenvalue weighted by molar-refractivity contribution is 6.08. The maximum atomic E-state index is 9.24. The molecular formula is C31H33BrN2O3. The lowest BCUT2D eigenvalue weighted by atomic mass is 10.1. The maximum absolute atomic E-state index is 9.24. The molecule has 1 N–H and O–H groups in total. The zero-order valence-corrected chi connectivity index (χ0v) is 22.7. The van der Waals surface area contributed by atoms with Crippen LogP contribution in [0.2, 0.25) is 0 Å². The fraction of sp³-hybridized carbons (Fsp3) is 0.258. The minimum atomic E-state index is 0. The third-order valence-corrected chi connectivity index (χ3v) is 6.66. The normalized spacial score (nSPS) is 11.6. The van der Waals surface area contributed by atoms with Gasteiger partial charge in [-0.05, 0) is 35.4 Å². The molecule has 0 saturated carbocycles. The highest BCUT2D eigenvalue weighted by Crippen LogP contribution is 2.30. The number of benzene rings is 3. The Kier molecular flexibility index (Phi) is 9.47. The number of aryl methyl sites for hydroxylation is 1. The third-order valence-electron chi connectivity index (χ3n) is 6.66. The summed E-state index contributed by atoms with van der Waals surface area (Å²) in [5.41, 5.74) is 5.98. The average molecular weight is 562 g/mol. The Labute approximate surface area is 228 Å². The first kappa shape index (κ1) is 27.0. The minimum absolute atomic E-state index is 0. The van der Waals surface area contributed by atoms with Crippen LogP contribution in [0.15, 0.2) is 79.0 Å². The number of aromatic nitrogens is 2. The Hall–Kier alpha value is -3.03. The van der Waals surface area contributed by atoms with Gasteiger partial charge >= 0.3 is 0 Å². The van der Waals surface area contributed by atoms with Gasteiger partial charge in [0.05, 0.1) is 25.2 Å². The van der Waals surface area contributed by atoms with Crippen molar-refractivity contribution in [3.05, 3.63) is 90.1 Å². The van der Waals surface area contributed by atoms with E-state index in [0.29, 0.717) is 19.8 Å². The van der Waals surface area contributed by atoms with Gasteiger partial charge in [0.25, 0.3) is 0 Å². The quantitative estimate of drug-likeness (QED) is 0.199. The number of fused-ring (bicyclic) bond motifs is 4. The highest BCUT2D eigenvalue weighted by Gasteiger charge is 2.12. The number of halogens is 1. The number of methoxy groups -OCH3 is 1. The fourth-order valence-electron chi connectivity index (χ4n) is 4.89. The van der Waals surface area contributed by atoms with Gasteiger partial charge in [-0.1, -0.05) is 48.6 Å². The summed E-state index contributed by atoms with van der Waals surface area (Å²) in [7, 11) is 1.69. The van der Waals surface area contributed by atoms with Gasteiger partial charge in [-0.25, -0.2) is 0 Å². The largest absolute Gasteiger partial charge is 1.00 e. The highest BCUT2D eigenvalue weighted by atomic mass is 79.9. The zero-order chi connectivity index (χ0) is 24.7. The van der Waals surface area contributed by atoms with Crippen molar-refractivity contribution in [2.45, 2.75) is 19.5 Å². The summed E-state index contributed by atoms with van der Waals surface area (Å²) < 4.78 is 15.4. The van der Waals surface area contributed by atoms with E-state index in [2.05, 4.69) is 100 Å². The first-order chi connectivity index (χ1) is 17.8. The van der Waals surface area contributed by atoms with E-state index >= 15 is 0 Å². The van der Waals surface area contributed by atoms with Crippen molar-refractivity contribution in [3.63, 3.8) is 0 Å². The van der Waals surface area contributed by atoms with Gasteiger partial charge in [-0.2, -0.15) is 4.57 Å².